The zero-order chi connectivity index (χ0) is 18.4. The Morgan fingerprint density at radius 1 is 1.33 bits per heavy atom. The summed E-state index contributed by atoms with van der Waals surface area (Å²) >= 11 is 7.62. The van der Waals surface area contributed by atoms with Gasteiger partial charge in [0.2, 0.25) is 0 Å². The van der Waals surface area contributed by atoms with Crippen LogP contribution in [0.3, 0.4) is 0 Å². The first-order chi connectivity index (χ1) is 12.7. The van der Waals surface area contributed by atoms with Gasteiger partial charge in [0.1, 0.15) is 6.33 Å². The van der Waals surface area contributed by atoms with E-state index >= 15 is 0 Å². The lowest BCUT2D eigenvalue weighted by molar-refractivity contribution is 0.481. The summed E-state index contributed by atoms with van der Waals surface area (Å²) in [5, 5.41) is 10.1. The van der Waals surface area contributed by atoms with Crippen molar-refractivity contribution < 1.29 is 0 Å². The standard InChI is InChI=1S/C18H21ClN6S.HI/c1-3-20-18(25(2)11-15-7-8-16(19)26-15)21-10-13-5-4-6-14(9-13)17-22-12-23-24-17;/h4-9,12H,3,10-11H2,1-2H3,(H,20,21)(H,22,23,24);1H. The average molecular weight is 517 g/mol. The van der Waals surface area contributed by atoms with Gasteiger partial charge in [-0.1, -0.05) is 29.8 Å². The van der Waals surface area contributed by atoms with Crippen molar-refractivity contribution in [3.63, 3.8) is 0 Å². The number of H-pyrrole nitrogens is 1. The minimum Gasteiger partial charge on any atom is -0.357 e. The van der Waals surface area contributed by atoms with Crippen molar-refractivity contribution in [3.05, 3.63) is 57.5 Å². The Kier molecular flexibility index (Phi) is 8.52. The largest absolute Gasteiger partial charge is 0.357 e. The highest BCUT2D eigenvalue weighted by molar-refractivity contribution is 14.0. The quantitative estimate of drug-likeness (QED) is 0.289. The molecule has 2 aromatic heterocycles. The van der Waals surface area contributed by atoms with Crippen molar-refractivity contribution >= 4 is 52.9 Å². The molecule has 0 saturated carbocycles. The second-order valence-corrected chi connectivity index (χ2v) is 7.57. The maximum atomic E-state index is 6.02. The Bertz CT molecular complexity index is 864. The van der Waals surface area contributed by atoms with Crippen LogP contribution >= 0.6 is 46.9 Å². The van der Waals surface area contributed by atoms with Gasteiger partial charge in [0.15, 0.2) is 11.8 Å². The van der Waals surface area contributed by atoms with Gasteiger partial charge in [0.05, 0.1) is 17.4 Å². The lowest BCUT2D eigenvalue weighted by atomic mass is 10.1. The molecule has 0 spiro atoms. The number of benzene rings is 1. The van der Waals surface area contributed by atoms with Gasteiger partial charge in [-0.05, 0) is 30.7 Å². The number of nitrogens with one attached hydrogen (secondary N) is 2. The second-order valence-electron chi connectivity index (χ2n) is 5.77. The minimum absolute atomic E-state index is 0. The van der Waals surface area contributed by atoms with Crippen LogP contribution in [0.2, 0.25) is 4.34 Å². The number of aromatic amines is 1. The van der Waals surface area contributed by atoms with Gasteiger partial charge in [-0.25, -0.2) is 9.98 Å². The summed E-state index contributed by atoms with van der Waals surface area (Å²) in [7, 11) is 2.03. The van der Waals surface area contributed by atoms with Crippen LogP contribution in [0.15, 0.2) is 47.7 Å². The molecule has 0 aliphatic rings. The third-order valence-electron chi connectivity index (χ3n) is 3.75. The molecule has 0 aliphatic heterocycles. The molecule has 3 aromatic rings. The molecule has 3 rings (SSSR count). The molecule has 0 unspecified atom stereocenters. The molecule has 0 aliphatic carbocycles. The summed E-state index contributed by atoms with van der Waals surface area (Å²) in [5.41, 5.74) is 2.11. The lowest BCUT2D eigenvalue weighted by Crippen LogP contribution is -2.38. The molecule has 0 bridgehead atoms. The number of halogens is 2. The van der Waals surface area contributed by atoms with Gasteiger partial charge >= 0.3 is 0 Å². The zero-order valence-corrected chi connectivity index (χ0v) is 19.0. The molecule has 6 nitrogen and oxygen atoms in total. The molecular formula is C18H22ClIN6S. The summed E-state index contributed by atoms with van der Waals surface area (Å²) in [5.74, 6) is 1.62. The Balaban J connectivity index is 0.00000261. The van der Waals surface area contributed by atoms with Crippen molar-refractivity contribution in [2.75, 3.05) is 13.6 Å². The monoisotopic (exact) mass is 516 g/mol. The number of guanidine groups is 1. The van der Waals surface area contributed by atoms with Crippen LogP contribution in [0.1, 0.15) is 17.4 Å². The highest BCUT2D eigenvalue weighted by Crippen LogP contribution is 2.22. The first kappa shape index (κ1) is 21.6. The maximum Gasteiger partial charge on any atom is 0.194 e. The van der Waals surface area contributed by atoms with Crippen LogP contribution < -0.4 is 5.32 Å². The normalized spacial score (nSPS) is 11.1. The van der Waals surface area contributed by atoms with E-state index in [2.05, 4.69) is 44.5 Å². The number of hydrogen-bond acceptors (Lipinski definition) is 4. The Hall–Kier alpha value is -1.65. The van der Waals surface area contributed by atoms with Gasteiger partial charge < -0.3 is 10.2 Å². The first-order valence-corrected chi connectivity index (χ1v) is 9.53. The van der Waals surface area contributed by atoms with Crippen LogP contribution in [0.4, 0.5) is 0 Å². The molecular weight excluding hydrogens is 495 g/mol. The molecule has 2 heterocycles. The Morgan fingerprint density at radius 2 is 2.19 bits per heavy atom. The molecule has 27 heavy (non-hydrogen) atoms. The molecule has 144 valence electrons. The highest BCUT2D eigenvalue weighted by Gasteiger charge is 2.08. The molecule has 0 radical (unpaired) electrons. The first-order valence-electron chi connectivity index (χ1n) is 8.34. The van der Waals surface area contributed by atoms with Gasteiger partial charge in [-0.3, -0.25) is 5.10 Å². The predicted octanol–water partition coefficient (Wildman–Crippen LogP) is 4.40. The number of aliphatic imine (C=N–C) groups is 1. The Morgan fingerprint density at radius 3 is 2.85 bits per heavy atom. The fraction of sp³-hybridized carbons (Fsp3) is 0.278. The van der Waals surface area contributed by atoms with E-state index in [1.54, 1.807) is 11.3 Å². The third kappa shape index (κ3) is 6.18. The smallest absolute Gasteiger partial charge is 0.194 e. The number of thiophene rings is 1. The van der Waals surface area contributed by atoms with E-state index in [-0.39, 0.29) is 24.0 Å². The maximum absolute atomic E-state index is 6.02. The average Bonchev–Trinajstić information content (AvgIpc) is 3.31. The van der Waals surface area contributed by atoms with Crippen LogP contribution in [0.5, 0.6) is 0 Å². The molecule has 0 saturated heterocycles. The Labute approximate surface area is 185 Å². The molecule has 1 aromatic carbocycles. The minimum atomic E-state index is 0. The number of aromatic nitrogens is 3. The van der Waals surface area contributed by atoms with E-state index in [0.29, 0.717) is 6.54 Å². The third-order valence-corrected chi connectivity index (χ3v) is 4.96. The summed E-state index contributed by atoms with van der Waals surface area (Å²) < 4.78 is 0.805. The SMILES string of the molecule is CCNC(=NCc1cccc(-c2ncn[nH]2)c1)N(C)Cc1ccc(Cl)s1.I. The fourth-order valence-electron chi connectivity index (χ4n) is 2.54. The molecule has 0 fully saturated rings. The summed E-state index contributed by atoms with van der Waals surface area (Å²) in [6.07, 6.45) is 1.51. The van der Waals surface area contributed by atoms with E-state index in [9.17, 15) is 0 Å². The second kappa shape index (κ2) is 10.6. The van der Waals surface area contributed by atoms with Crippen LogP contribution in [-0.4, -0.2) is 39.6 Å². The van der Waals surface area contributed by atoms with Gasteiger partial charge in [-0.2, -0.15) is 5.10 Å². The van der Waals surface area contributed by atoms with E-state index in [0.717, 1.165) is 40.3 Å². The van der Waals surface area contributed by atoms with Crippen LogP contribution in [0, 0.1) is 0 Å². The lowest BCUT2D eigenvalue weighted by Gasteiger charge is -2.21. The number of rotatable bonds is 6. The molecule has 0 amide bonds. The highest BCUT2D eigenvalue weighted by atomic mass is 127. The molecule has 2 N–H and O–H groups in total. The summed E-state index contributed by atoms with van der Waals surface area (Å²) in [6.45, 7) is 4.23. The van der Waals surface area contributed by atoms with E-state index < -0.39 is 0 Å². The summed E-state index contributed by atoms with van der Waals surface area (Å²) in [4.78, 5) is 12.3. The van der Waals surface area contributed by atoms with Crippen molar-refractivity contribution in [3.8, 4) is 11.4 Å². The van der Waals surface area contributed by atoms with E-state index in [1.807, 2.05) is 31.3 Å². The van der Waals surface area contributed by atoms with E-state index in [4.69, 9.17) is 16.6 Å². The fourth-order valence-corrected chi connectivity index (χ4v) is 3.68. The zero-order valence-electron chi connectivity index (χ0n) is 15.1. The van der Waals surface area contributed by atoms with Crippen molar-refractivity contribution in [2.24, 2.45) is 4.99 Å². The van der Waals surface area contributed by atoms with Crippen LogP contribution in [-0.2, 0) is 13.1 Å². The number of hydrogen-bond donors (Lipinski definition) is 2. The van der Waals surface area contributed by atoms with E-state index in [1.165, 1.54) is 11.2 Å². The van der Waals surface area contributed by atoms with Gasteiger partial charge in [-0.15, -0.1) is 35.3 Å². The molecule has 9 heteroatoms. The topological polar surface area (TPSA) is 69.2 Å². The summed E-state index contributed by atoms with van der Waals surface area (Å²) in [6, 6.07) is 12.1. The van der Waals surface area contributed by atoms with Gasteiger partial charge in [0.25, 0.3) is 0 Å². The van der Waals surface area contributed by atoms with Gasteiger partial charge in [0, 0.05) is 24.0 Å². The predicted molar refractivity (Wildman–Crippen MR) is 123 cm³/mol. The van der Waals surface area contributed by atoms with Crippen LogP contribution in [0.25, 0.3) is 11.4 Å². The van der Waals surface area contributed by atoms with Crippen molar-refractivity contribution in [1.82, 2.24) is 25.4 Å². The van der Waals surface area contributed by atoms with Crippen molar-refractivity contribution in [2.45, 2.75) is 20.0 Å². The van der Waals surface area contributed by atoms with Crippen molar-refractivity contribution in [1.29, 1.82) is 0 Å². The molecule has 0 atom stereocenters. The number of nitrogens with zero attached hydrogens (tertiary/aromatic N) is 4.